The van der Waals surface area contributed by atoms with E-state index in [1.54, 1.807) is 7.05 Å². The fourth-order valence-electron chi connectivity index (χ4n) is 0.939. The first-order chi connectivity index (χ1) is 5.77. The van der Waals surface area contributed by atoms with E-state index in [2.05, 4.69) is 10.2 Å². The van der Waals surface area contributed by atoms with E-state index in [4.69, 9.17) is 4.74 Å². The summed E-state index contributed by atoms with van der Waals surface area (Å²) in [6.07, 6.45) is 2.47. The fraction of sp³-hybridized carbons (Fsp3) is 0.714. The molecule has 1 saturated carbocycles. The number of nitrogens with zero attached hydrogens (tertiary/aromatic N) is 2. The van der Waals surface area contributed by atoms with Gasteiger partial charge in [0.1, 0.15) is 0 Å². The molecular formula is C7H11N3O2. The summed E-state index contributed by atoms with van der Waals surface area (Å²) < 4.78 is 6.67. The van der Waals surface area contributed by atoms with Gasteiger partial charge in [0.05, 0.1) is 6.61 Å². The van der Waals surface area contributed by atoms with Crippen LogP contribution in [0.25, 0.3) is 0 Å². The topological polar surface area (TPSA) is 59.9 Å². The summed E-state index contributed by atoms with van der Waals surface area (Å²) in [4.78, 5) is 10.9. The molecule has 0 bridgehead atoms. The number of hydrogen-bond donors (Lipinski definition) is 1. The van der Waals surface area contributed by atoms with E-state index >= 15 is 0 Å². The van der Waals surface area contributed by atoms with Crippen LogP contribution in [-0.2, 0) is 7.05 Å². The van der Waals surface area contributed by atoms with E-state index in [-0.39, 0.29) is 5.69 Å². The van der Waals surface area contributed by atoms with E-state index in [0.717, 1.165) is 0 Å². The van der Waals surface area contributed by atoms with Gasteiger partial charge in [-0.05, 0) is 18.8 Å². The maximum Gasteiger partial charge on any atom is 0.345 e. The van der Waals surface area contributed by atoms with E-state index in [0.29, 0.717) is 18.5 Å². The number of rotatable bonds is 3. The first kappa shape index (κ1) is 7.39. The first-order valence-electron chi connectivity index (χ1n) is 4.01. The molecule has 0 aromatic carbocycles. The largest absolute Gasteiger partial charge is 0.463 e. The van der Waals surface area contributed by atoms with Crippen LogP contribution in [0.15, 0.2) is 4.79 Å². The molecule has 1 fully saturated rings. The molecule has 1 N–H and O–H groups in total. The minimum atomic E-state index is -0.235. The molecule has 1 aromatic heterocycles. The van der Waals surface area contributed by atoms with Gasteiger partial charge < -0.3 is 4.74 Å². The lowest BCUT2D eigenvalue weighted by atomic mass is 10.5. The third-order valence-corrected chi connectivity index (χ3v) is 1.98. The molecule has 1 aromatic rings. The van der Waals surface area contributed by atoms with Crippen molar-refractivity contribution in [2.45, 2.75) is 12.8 Å². The Bertz CT molecular complexity index is 324. The quantitative estimate of drug-likeness (QED) is 0.687. The highest BCUT2D eigenvalue weighted by Gasteiger charge is 2.22. The van der Waals surface area contributed by atoms with E-state index in [1.807, 2.05) is 0 Å². The van der Waals surface area contributed by atoms with Crippen molar-refractivity contribution in [3.8, 4) is 6.01 Å². The van der Waals surface area contributed by atoms with Crippen molar-refractivity contribution in [3.05, 3.63) is 10.5 Å². The van der Waals surface area contributed by atoms with Crippen molar-refractivity contribution in [2.24, 2.45) is 13.0 Å². The lowest BCUT2D eigenvalue weighted by Gasteiger charge is -2.00. The van der Waals surface area contributed by atoms with Gasteiger partial charge in [0.25, 0.3) is 0 Å². The molecule has 0 saturated heterocycles. The lowest BCUT2D eigenvalue weighted by molar-refractivity contribution is 0.266. The Kier molecular flexibility index (Phi) is 1.64. The molecule has 12 heavy (non-hydrogen) atoms. The van der Waals surface area contributed by atoms with Crippen LogP contribution >= 0.6 is 0 Å². The summed E-state index contributed by atoms with van der Waals surface area (Å²) in [7, 11) is 1.63. The molecule has 0 unspecified atom stereocenters. The number of hydrogen-bond acceptors (Lipinski definition) is 3. The Labute approximate surface area is 69.4 Å². The maximum atomic E-state index is 10.9. The Hall–Kier alpha value is -1.26. The monoisotopic (exact) mass is 169 g/mol. The number of aromatic nitrogens is 3. The molecule has 66 valence electrons. The molecule has 1 aliphatic rings. The van der Waals surface area contributed by atoms with E-state index in [9.17, 15) is 4.79 Å². The number of nitrogens with one attached hydrogen (secondary N) is 1. The first-order valence-corrected chi connectivity index (χ1v) is 4.01. The summed E-state index contributed by atoms with van der Waals surface area (Å²) in [5.41, 5.74) is -0.235. The van der Waals surface area contributed by atoms with E-state index < -0.39 is 0 Å². The third-order valence-electron chi connectivity index (χ3n) is 1.98. The van der Waals surface area contributed by atoms with Gasteiger partial charge in [-0.3, -0.25) is 0 Å². The molecule has 5 heteroatoms. The minimum absolute atomic E-state index is 0.235. The van der Waals surface area contributed by atoms with Crippen molar-refractivity contribution in [1.29, 1.82) is 0 Å². The number of aromatic amines is 1. The Balaban J connectivity index is 2.01. The molecule has 1 heterocycles. The van der Waals surface area contributed by atoms with Crippen LogP contribution in [0.1, 0.15) is 12.8 Å². The van der Waals surface area contributed by atoms with Gasteiger partial charge in [-0.2, -0.15) is 0 Å². The summed E-state index contributed by atoms with van der Waals surface area (Å²) >= 11 is 0. The highest BCUT2D eigenvalue weighted by atomic mass is 16.5. The average Bonchev–Trinajstić information content (AvgIpc) is 2.82. The van der Waals surface area contributed by atoms with Crippen LogP contribution in [0.2, 0.25) is 0 Å². The summed E-state index contributed by atoms with van der Waals surface area (Å²) in [6, 6.07) is 0.381. The van der Waals surface area contributed by atoms with Crippen LogP contribution in [0.4, 0.5) is 0 Å². The second-order valence-corrected chi connectivity index (χ2v) is 3.12. The smallest absolute Gasteiger partial charge is 0.345 e. The fourth-order valence-corrected chi connectivity index (χ4v) is 0.939. The van der Waals surface area contributed by atoms with Gasteiger partial charge in [-0.25, -0.2) is 14.5 Å². The molecule has 0 amide bonds. The second-order valence-electron chi connectivity index (χ2n) is 3.12. The molecule has 0 atom stereocenters. The molecule has 2 rings (SSSR count). The Morgan fingerprint density at radius 2 is 2.50 bits per heavy atom. The van der Waals surface area contributed by atoms with Crippen LogP contribution in [-0.4, -0.2) is 21.4 Å². The SMILES string of the molecule is Cn1c(OCC2CC2)n[nH]c1=O. The highest BCUT2D eigenvalue weighted by molar-refractivity contribution is 4.91. The van der Waals surface area contributed by atoms with Crippen LogP contribution in [0, 0.1) is 5.92 Å². The van der Waals surface area contributed by atoms with Gasteiger partial charge in [-0.15, -0.1) is 5.10 Å². The summed E-state index contributed by atoms with van der Waals surface area (Å²) in [5.74, 6) is 0.678. The minimum Gasteiger partial charge on any atom is -0.463 e. The van der Waals surface area contributed by atoms with Crippen molar-refractivity contribution in [2.75, 3.05) is 6.61 Å². The summed E-state index contributed by atoms with van der Waals surface area (Å²) in [5, 5.41) is 6.03. The molecule has 0 aliphatic heterocycles. The molecule has 0 spiro atoms. The Morgan fingerprint density at radius 1 is 1.75 bits per heavy atom. The van der Waals surface area contributed by atoms with Gasteiger partial charge in [0.15, 0.2) is 0 Å². The van der Waals surface area contributed by atoms with Crippen LogP contribution in [0.3, 0.4) is 0 Å². The Morgan fingerprint density at radius 3 is 3.00 bits per heavy atom. The van der Waals surface area contributed by atoms with Crippen molar-refractivity contribution in [3.63, 3.8) is 0 Å². The normalized spacial score (nSPS) is 16.4. The summed E-state index contributed by atoms with van der Waals surface area (Å²) in [6.45, 7) is 0.679. The maximum absolute atomic E-state index is 10.9. The zero-order valence-electron chi connectivity index (χ0n) is 6.91. The van der Waals surface area contributed by atoms with Crippen LogP contribution < -0.4 is 10.4 Å². The molecule has 0 radical (unpaired) electrons. The van der Waals surface area contributed by atoms with Gasteiger partial charge in [-0.1, -0.05) is 0 Å². The lowest BCUT2D eigenvalue weighted by Crippen LogP contribution is -2.14. The zero-order chi connectivity index (χ0) is 8.55. The molecule has 5 nitrogen and oxygen atoms in total. The van der Waals surface area contributed by atoms with Crippen molar-refractivity contribution in [1.82, 2.24) is 14.8 Å². The number of H-pyrrole nitrogens is 1. The standard InChI is InChI=1S/C7H11N3O2/c1-10-6(11)8-9-7(10)12-4-5-2-3-5/h5H,2-4H2,1H3,(H,8,11). The average molecular weight is 169 g/mol. The van der Waals surface area contributed by atoms with Gasteiger partial charge in [0.2, 0.25) is 0 Å². The number of ether oxygens (including phenoxy) is 1. The van der Waals surface area contributed by atoms with Gasteiger partial charge in [0, 0.05) is 7.05 Å². The predicted molar refractivity (Wildman–Crippen MR) is 42.0 cm³/mol. The predicted octanol–water partition coefficient (Wildman–Crippen LogP) is -0.103. The molecular weight excluding hydrogens is 158 g/mol. The second kappa shape index (κ2) is 2.66. The molecule has 1 aliphatic carbocycles. The van der Waals surface area contributed by atoms with E-state index in [1.165, 1.54) is 17.4 Å². The highest BCUT2D eigenvalue weighted by Crippen LogP contribution is 2.28. The van der Waals surface area contributed by atoms with Crippen LogP contribution in [0.5, 0.6) is 6.01 Å². The van der Waals surface area contributed by atoms with Crippen molar-refractivity contribution < 1.29 is 4.74 Å². The van der Waals surface area contributed by atoms with Crippen molar-refractivity contribution >= 4 is 0 Å². The van der Waals surface area contributed by atoms with Gasteiger partial charge >= 0.3 is 11.7 Å². The third kappa shape index (κ3) is 1.34. The zero-order valence-corrected chi connectivity index (χ0v) is 6.91.